The molecule has 0 saturated carbocycles. The van der Waals surface area contributed by atoms with Crippen molar-refractivity contribution in [1.29, 1.82) is 0 Å². The first-order chi connectivity index (χ1) is 19.5. The minimum Gasteiger partial charge on any atom is -0.490 e. The monoisotopic (exact) mass is 550 g/mol. The quantitative estimate of drug-likeness (QED) is 0.156. The van der Waals surface area contributed by atoms with Gasteiger partial charge in [0.1, 0.15) is 5.82 Å². The molecule has 3 aromatic rings. The summed E-state index contributed by atoms with van der Waals surface area (Å²) in [6.45, 7) is 5.16. The third-order valence-corrected chi connectivity index (χ3v) is 7.70. The Hall–Kier alpha value is -3.05. The van der Waals surface area contributed by atoms with E-state index < -0.39 is 11.6 Å². The van der Waals surface area contributed by atoms with Gasteiger partial charge in [0.2, 0.25) is 5.82 Å². The number of rotatable bonds is 13. The van der Waals surface area contributed by atoms with Crippen molar-refractivity contribution in [1.82, 2.24) is 0 Å². The average Bonchev–Trinajstić information content (AvgIpc) is 2.97. The van der Waals surface area contributed by atoms with Crippen molar-refractivity contribution in [2.45, 2.75) is 77.7 Å². The molecule has 2 nitrogen and oxygen atoms in total. The van der Waals surface area contributed by atoms with E-state index in [4.69, 9.17) is 9.47 Å². The summed E-state index contributed by atoms with van der Waals surface area (Å²) >= 11 is 0. The first-order valence-corrected chi connectivity index (χ1v) is 14.8. The zero-order valence-corrected chi connectivity index (χ0v) is 23.7. The molecule has 0 aliphatic carbocycles. The van der Waals surface area contributed by atoms with Crippen molar-refractivity contribution in [2.75, 3.05) is 13.2 Å². The van der Waals surface area contributed by atoms with Gasteiger partial charge in [-0.15, -0.1) is 0 Å². The van der Waals surface area contributed by atoms with Crippen LogP contribution in [0.25, 0.3) is 22.3 Å². The van der Waals surface area contributed by atoms with Crippen LogP contribution in [0.4, 0.5) is 13.2 Å². The Labute approximate surface area is 237 Å². The summed E-state index contributed by atoms with van der Waals surface area (Å²) in [7, 11) is 0. The third-order valence-electron chi connectivity index (χ3n) is 7.70. The highest BCUT2D eigenvalue weighted by Gasteiger charge is 2.24. The van der Waals surface area contributed by atoms with Crippen LogP contribution in [0.1, 0.15) is 83.3 Å². The number of halogens is 3. The Kier molecular flexibility index (Phi) is 11.3. The standard InChI is InChI=1S/C35H41F3O2/c1-3-5-6-7-8-9-10-22-39-33-21-19-29(34(37)35(33)38)27-15-13-26(14-16-27)28-17-18-30(31(36)23-28)32-20-12-25(11-4-2)24-40-32/h4,11,13-19,21,23,25,32H,3,5-10,12,20,22,24H2,1-2H3/b11-4+. The fourth-order valence-corrected chi connectivity index (χ4v) is 5.36. The predicted octanol–water partition coefficient (Wildman–Crippen LogP) is 10.6. The van der Waals surface area contributed by atoms with Crippen LogP contribution in [0.5, 0.6) is 5.75 Å². The van der Waals surface area contributed by atoms with Gasteiger partial charge in [0.25, 0.3) is 0 Å². The summed E-state index contributed by atoms with van der Waals surface area (Å²) in [6.07, 6.45) is 13.6. The van der Waals surface area contributed by atoms with E-state index in [0.717, 1.165) is 43.2 Å². The van der Waals surface area contributed by atoms with E-state index in [1.165, 1.54) is 37.8 Å². The Morgan fingerprint density at radius 2 is 1.50 bits per heavy atom. The van der Waals surface area contributed by atoms with Gasteiger partial charge >= 0.3 is 0 Å². The lowest BCUT2D eigenvalue weighted by atomic mass is 9.93. The summed E-state index contributed by atoms with van der Waals surface area (Å²) in [6, 6.07) is 15.3. The van der Waals surface area contributed by atoms with Crippen molar-refractivity contribution < 1.29 is 22.6 Å². The summed E-state index contributed by atoms with van der Waals surface area (Å²) in [4.78, 5) is 0. The molecule has 214 valence electrons. The van der Waals surface area contributed by atoms with Crippen molar-refractivity contribution in [3.8, 4) is 28.0 Å². The van der Waals surface area contributed by atoms with E-state index in [1.807, 2.05) is 19.1 Å². The van der Waals surface area contributed by atoms with Crippen molar-refractivity contribution >= 4 is 0 Å². The van der Waals surface area contributed by atoms with Crippen LogP contribution in [0.2, 0.25) is 0 Å². The molecular formula is C35H41F3O2. The van der Waals surface area contributed by atoms with Crippen LogP contribution in [0.3, 0.4) is 0 Å². The molecule has 1 fully saturated rings. The molecule has 0 radical (unpaired) electrons. The predicted molar refractivity (Wildman–Crippen MR) is 157 cm³/mol. The van der Waals surface area contributed by atoms with Crippen LogP contribution in [-0.2, 0) is 4.74 Å². The van der Waals surface area contributed by atoms with Gasteiger partial charge in [0.15, 0.2) is 11.6 Å². The normalized spacial score (nSPS) is 17.4. The second-order valence-corrected chi connectivity index (χ2v) is 10.7. The van der Waals surface area contributed by atoms with Gasteiger partial charge in [-0.2, -0.15) is 4.39 Å². The molecule has 1 aliphatic rings. The lowest BCUT2D eigenvalue weighted by Crippen LogP contribution is -2.20. The maximum absolute atomic E-state index is 15.0. The Bertz CT molecular complexity index is 1240. The van der Waals surface area contributed by atoms with Gasteiger partial charge < -0.3 is 9.47 Å². The summed E-state index contributed by atoms with van der Waals surface area (Å²) in [5.41, 5.74) is 2.80. The molecule has 4 rings (SSSR count). The minimum absolute atomic E-state index is 0.0567. The fourth-order valence-electron chi connectivity index (χ4n) is 5.36. The molecule has 5 heteroatoms. The number of hydrogen-bond acceptors (Lipinski definition) is 2. The summed E-state index contributed by atoms with van der Waals surface area (Å²) < 4.78 is 56.2. The van der Waals surface area contributed by atoms with Gasteiger partial charge in [-0.3, -0.25) is 0 Å². The number of allylic oxidation sites excluding steroid dienone is 1. The molecule has 0 amide bonds. The maximum atomic E-state index is 15.0. The van der Waals surface area contributed by atoms with E-state index in [0.29, 0.717) is 30.3 Å². The van der Waals surface area contributed by atoms with Crippen LogP contribution in [0, 0.1) is 23.4 Å². The smallest absolute Gasteiger partial charge is 0.201 e. The second kappa shape index (κ2) is 15.1. The van der Waals surface area contributed by atoms with Crippen molar-refractivity contribution in [3.05, 3.63) is 89.8 Å². The first-order valence-electron chi connectivity index (χ1n) is 14.8. The Balaban J connectivity index is 1.36. The lowest BCUT2D eigenvalue weighted by molar-refractivity contribution is -0.00711. The van der Waals surface area contributed by atoms with E-state index >= 15 is 4.39 Å². The highest BCUT2D eigenvalue weighted by atomic mass is 19.2. The van der Waals surface area contributed by atoms with Crippen molar-refractivity contribution in [3.63, 3.8) is 0 Å². The Morgan fingerprint density at radius 1 is 0.800 bits per heavy atom. The topological polar surface area (TPSA) is 18.5 Å². The van der Waals surface area contributed by atoms with Gasteiger partial charge in [0, 0.05) is 17.0 Å². The molecule has 1 aliphatic heterocycles. The van der Waals surface area contributed by atoms with Crippen LogP contribution < -0.4 is 4.74 Å². The highest BCUT2D eigenvalue weighted by Crippen LogP contribution is 2.35. The molecule has 2 unspecified atom stereocenters. The van der Waals surface area contributed by atoms with Gasteiger partial charge in [-0.25, -0.2) is 8.78 Å². The average molecular weight is 551 g/mol. The molecule has 0 spiro atoms. The van der Waals surface area contributed by atoms with E-state index in [1.54, 1.807) is 36.4 Å². The second-order valence-electron chi connectivity index (χ2n) is 10.7. The molecule has 0 bridgehead atoms. The molecule has 3 aromatic carbocycles. The number of ether oxygens (including phenoxy) is 2. The summed E-state index contributed by atoms with van der Waals surface area (Å²) in [5, 5.41) is 0. The SMILES string of the molecule is C/C=C/C1CCC(c2ccc(-c3ccc(-c4ccc(OCCCCCCCCC)c(F)c4F)cc3)cc2F)OC1. The maximum Gasteiger partial charge on any atom is 0.201 e. The molecule has 1 saturated heterocycles. The van der Waals surface area contributed by atoms with Gasteiger partial charge in [0.05, 0.1) is 19.3 Å². The molecular weight excluding hydrogens is 509 g/mol. The van der Waals surface area contributed by atoms with Crippen LogP contribution in [-0.4, -0.2) is 13.2 Å². The van der Waals surface area contributed by atoms with Gasteiger partial charge in [-0.05, 0) is 61.1 Å². The lowest BCUT2D eigenvalue weighted by Gasteiger charge is -2.28. The zero-order chi connectivity index (χ0) is 28.3. The molecule has 2 atom stereocenters. The Morgan fingerprint density at radius 3 is 2.17 bits per heavy atom. The van der Waals surface area contributed by atoms with E-state index in [-0.39, 0.29) is 23.2 Å². The fraction of sp³-hybridized carbons (Fsp3) is 0.429. The number of benzene rings is 3. The van der Waals surface area contributed by atoms with Gasteiger partial charge in [-0.1, -0.05) is 94.0 Å². The number of hydrogen-bond donors (Lipinski definition) is 0. The largest absolute Gasteiger partial charge is 0.490 e. The third kappa shape index (κ3) is 7.78. The van der Waals surface area contributed by atoms with Crippen LogP contribution in [0.15, 0.2) is 66.7 Å². The molecule has 0 N–H and O–H groups in total. The summed E-state index contributed by atoms with van der Waals surface area (Å²) in [5.74, 6) is -1.86. The molecule has 0 aromatic heterocycles. The zero-order valence-electron chi connectivity index (χ0n) is 23.7. The molecule has 1 heterocycles. The molecule has 40 heavy (non-hydrogen) atoms. The van der Waals surface area contributed by atoms with Crippen molar-refractivity contribution in [2.24, 2.45) is 5.92 Å². The highest BCUT2D eigenvalue weighted by molar-refractivity contribution is 5.71. The van der Waals surface area contributed by atoms with E-state index in [2.05, 4.69) is 13.0 Å². The number of unbranched alkanes of at least 4 members (excludes halogenated alkanes) is 6. The van der Waals surface area contributed by atoms with E-state index in [9.17, 15) is 8.78 Å². The van der Waals surface area contributed by atoms with Crippen LogP contribution >= 0.6 is 0 Å². The minimum atomic E-state index is -0.968. The first kappa shape index (κ1) is 29.9.